The summed E-state index contributed by atoms with van der Waals surface area (Å²) in [5.41, 5.74) is 3.11. The average Bonchev–Trinajstić information content (AvgIpc) is 2.72. The highest BCUT2D eigenvalue weighted by molar-refractivity contribution is 7.90. The van der Waals surface area contributed by atoms with Crippen LogP contribution in [0.25, 0.3) is 0 Å². The van der Waals surface area contributed by atoms with Gasteiger partial charge in [-0.25, -0.2) is 4.58 Å². The van der Waals surface area contributed by atoms with E-state index in [0.717, 1.165) is 25.0 Å². The molecule has 1 aliphatic heterocycles. The lowest BCUT2D eigenvalue weighted by Crippen LogP contribution is -2.40. The summed E-state index contributed by atoms with van der Waals surface area (Å²) in [5.74, 6) is 0. The third-order valence-electron chi connectivity index (χ3n) is 6.36. The molecule has 0 aromatic heterocycles. The Labute approximate surface area is 168 Å². The molecule has 150 valence electrons. The van der Waals surface area contributed by atoms with Crippen LogP contribution < -0.4 is 0 Å². The molecule has 1 heterocycles. The molecule has 1 N–H and O–H groups in total. The Kier molecular flexibility index (Phi) is 5.52. The molecule has 3 rings (SSSR count). The second kappa shape index (κ2) is 7.45. The van der Waals surface area contributed by atoms with Gasteiger partial charge in [0.15, 0.2) is 11.3 Å². The highest BCUT2D eigenvalue weighted by Gasteiger charge is 2.57. The highest BCUT2D eigenvalue weighted by Crippen LogP contribution is 2.48. The number of hydrogen-bond acceptors (Lipinski definition) is 2. The maximum Gasteiger partial charge on any atom is 0.294 e. The van der Waals surface area contributed by atoms with Crippen LogP contribution in [0.4, 0.5) is 0 Å². The topological polar surface area (TPSA) is 57.4 Å². The van der Waals surface area contributed by atoms with Crippen molar-refractivity contribution in [1.29, 1.82) is 0 Å². The van der Waals surface area contributed by atoms with E-state index in [1.54, 1.807) is 12.2 Å². The summed E-state index contributed by atoms with van der Waals surface area (Å²) in [6.45, 7) is 9.49. The van der Waals surface area contributed by atoms with Crippen LogP contribution in [0.2, 0.25) is 0 Å². The van der Waals surface area contributed by atoms with Crippen LogP contribution in [0.3, 0.4) is 0 Å². The van der Waals surface area contributed by atoms with Gasteiger partial charge in [-0.2, -0.15) is 8.42 Å². The van der Waals surface area contributed by atoms with Gasteiger partial charge in [-0.3, -0.25) is 4.55 Å². The first kappa shape index (κ1) is 20.7. The smallest absolute Gasteiger partial charge is 0.282 e. The van der Waals surface area contributed by atoms with E-state index in [0.29, 0.717) is 6.42 Å². The zero-order valence-electron chi connectivity index (χ0n) is 17.1. The second-order valence-electron chi connectivity index (χ2n) is 8.45. The van der Waals surface area contributed by atoms with Gasteiger partial charge < -0.3 is 0 Å². The van der Waals surface area contributed by atoms with Crippen molar-refractivity contribution in [2.75, 3.05) is 6.54 Å². The second-order valence-corrected chi connectivity index (χ2v) is 9.88. The van der Waals surface area contributed by atoms with E-state index in [9.17, 15) is 13.0 Å². The van der Waals surface area contributed by atoms with Crippen molar-refractivity contribution in [3.63, 3.8) is 0 Å². The molecule has 2 aliphatic carbocycles. The van der Waals surface area contributed by atoms with Crippen LogP contribution in [0.15, 0.2) is 70.7 Å². The molecule has 1 unspecified atom stereocenters. The minimum Gasteiger partial charge on any atom is -0.282 e. The van der Waals surface area contributed by atoms with Gasteiger partial charge in [0.05, 0.1) is 10.3 Å². The zero-order chi connectivity index (χ0) is 20.6. The number of rotatable bonds is 5. The number of allylic oxidation sites excluding steroid dienone is 9. The molecular formula is C23H30NO3S+. The van der Waals surface area contributed by atoms with Crippen LogP contribution in [0.5, 0.6) is 0 Å². The molecule has 0 aromatic carbocycles. The Morgan fingerprint density at radius 2 is 1.79 bits per heavy atom. The Hall–Kier alpha value is -1.98. The van der Waals surface area contributed by atoms with Gasteiger partial charge in [-0.15, -0.1) is 0 Å². The molecule has 0 spiro atoms. The van der Waals surface area contributed by atoms with Crippen LogP contribution in [-0.4, -0.2) is 35.3 Å². The Morgan fingerprint density at radius 1 is 1.11 bits per heavy atom. The van der Waals surface area contributed by atoms with Crippen LogP contribution in [-0.2, 0) is 10.1 Å². The fourth-order valence-corrected chi connectivity index (χ4v) is 5.15. The first-order chi connectivity index (χ1) is 13.1. The summed E-state index contributed by atoms with van der Waals surface area (Å²) in [5, 5.41) is 0. The predicted octanol–water partition coefficient (Wildman–Crippen LogP) is 4.75. The van der Waals surface area contributed by atoms with E-state index in [4.69, 9.17) is 0 Å². The summed E-state index contributed by atoms with van der Waals surface area (Å²) >= 11 is 0. The molecule has 0 fully saturated rings. The molecular weight excluding hydrogens is 370 g/mol. The summed E-state index contributed by atoms with van der Waals surface area (Å²) in [6, 6.07) is 0. The van der Waals surface area contributed by atoms with Crippen molar-refractivity contribution in [2.24, 2.45) is 5.41 Å². The molecule has 0 amide bonds. The van der Waals surface area contributed by atoms with Gasteiger partial charge in [-0.05, 0) is 31.9 Å². The monoisotopic (exact) mass is 400 g/mol. The van der Waals surface area contributed by atoms with Crippen LogP contribution >= 0.6 is 0 Å². The molecule has 28 heavy (non-hydrogen) atoms. The lowest BCUT2D eigenvalue weighted by atomic mass is 9.72. The molecule has 4 nitrogen and oxygen atoms in total. The Bertz CT molecular complexity index is 985. The van der Waals surface area contributed by atoms with Crippen molar-refractivity contribution in [1.82, 2.24) is 0 Å². The predicted molar refractivity (Wildman–Crippen MR) is 115 cm³/mol. The summed E-state index contributed by atoms with van der Waals surface area (Å²) < 4.78 is 35.2. The maximum absolute atomic E-state index is 11.7. The van der Waals surface area contributed by atoms with E-state index in [1.165, 1.54) is 11.3 Å². The molecule has 1 atom stereocenters. The average molecular weight is 401 g/mol. The van der Waals surface area contributed by atoms with Gasteiger partial charge in [0, 0.05) is 32.3 Å². The SMILES string of the molecule is CC1=[N+](CCCC2=C/C=C\C=C/C=C\2)C2(C)CC=C(S(=O)(=O)O)C=C2C1(C)C. The standard InChI is InChI=1S/C23H29NO3S/c1-18-22(2,3)21-17-20(28(25,26)27)14-15-23(21,4)24(18)16-10-13-19-11-8-6-5-7-9-12-19/h5-9,11-12,14,17H,10,13,15-16H2,1-4H3/p+1/b6-5-,7-5?,8-6?,9-7-,11-8-,12-9?,19-11?,19-12+. The van der Waals surface area contributed by atoms with Crippen molar-refractivity contribution < 1.29 is 17.5 Å². The van der Waals surface area contributed by atoms with Gasteiger partial charge in [0.25, 0.3) is 10.1 Å². The quantitative estimate of drug-likeness (QED) is 0.535. The fraction of sp³-hybridized carbons (Fsp3) is 0.435. The number of nitrogens with zero attached hydrogens (tertiary/aromatic N) is 1. The Morgan fingerprint density at radius 3 is 2.50 bits per heavy atom. The lowest BCUT2D eigenvalue weighted by Gasteiger charge is -2.30. The molecule has 0 bridgehead atoms. The third kappa shape index (κ3) is 3.78. The van der Waals surface area contributed by atoms with Crippen molar-refractivity contribution in [2.45, 2.75) is 52.5 Å². The first-order valence-electron chi connectivity index (χ1n) is 9.79. The highest BCUT2D eigenvalue weighted by atomic mass is 32.2. The van der Waals surface area contributed by atoms with Crippen LogP contribution in [0.1, 0.15) is 47.0 Å². The molecule has 3 aliphatic rings. The summed E-state index contributed by atoms with van der Waals surface area (Å²) in [4.78, 5) is 0.0207. The molecule has 0 aromatic rings. The van der Waals surface area contributed by atoms with Crippen molar-refractivity contribution in [3.8, 4) is 0 Å². The summed E-state index contributed by atoms with van der Waals surface area (Å²) in [7, 11) is -4.18. The molecule has 0 saturated carbocycles. The van der Waals surface area contributed by atoms with Gasteiger partial charge in [-0.1, -0.05) is 48.6 Å². The maximum atomic E-state index is 11.7. The Balaban J connectivity index is 1.82. The third-order valence-corrected chi connectivity index (χ3v) is 7.24. The number of hydrogen-bond donors (Lipinski definition) is 1. The van der Waals surface area contributed by atoms with E-state index in [-0.39, 0.29) is 15.9 Å². The van der Waals surface area contributed by atoms with E-state index >= 15 is 0 Å². The largest absolute Gasteiger partial charge is 0.294 e. The number of fused-ring (bicyclic) bond motifs is 1. The first-order valence-corrected chi connectivity index (χ1v) is 11.2. The fourth-order valence-electron chi connectivity index (χ4n) is 4.59. The van der Waals surface area contributed by atoms with Crippen LogP contribution in [0, 0.1) is 5.41 Å². The molecule has 0 saturated heterocycles. The zero-order valence-corrected chi connectivity index (χ0v) is 18.0. The molecule has 5 heteroatoms. The lowest BCUT2D eigenvalue weighted by molar-refractivity contribution is -0.588. The normalized spacial score (nSPS) is 31.7. The van der Waals surface area contributed by atoms with E-state index < -0.39 is 10.1 Å². The van der Waals surface area contributed by atoms with Crippen molar-refractivity contribution in [3.05, 3.63) is 70.7 Å². The minimum atomic E-state index is -4.18. The van der Waals surface area contributed by atoms with E-state index in [2.05, 4.69) is 56.6 Å². The van der Waals surface area contributed by atoms with E-state index in [1.807, 2.05) is 18.2 Å². The van der Waals surface area contributed by atoms with Crippen molar-refractivity contribution >= 4 is 15.8 Å². The minimum absolute atomic E-state index is 0.0207. The molecule has 0 radical (unpaired) electrons. The van der Waals surface area contributed by atoms with Gasteiger partial charge in [0.1, 0.15) is 6.54 Å². The van der Waals surface area contributed by atoms with Gasteiger partial charge in [0.2, 0.25) is 0 Å². The van der Waals surface area contributed by atoms with Gasteiger partial charge >= 0.3 is 0 Å². The summed E-state index contributed by atoms with van der Waals surface area (Å²) in [6.07, 6.45) is 20.4.